The van der Waals surface area contributed by atoms with Crippen LogP contribution >= 0.6 is 7.26 Å². The number of halogens is 1. The van der Waals surface area contributed by atoms with Crippen molar-refractivity contribution in [1.82, 2.24) is 0 Å². The van der Waals surface area contributed by atoms with E-state index in [9.17, 15) is 4.79 Å². The molecule has 3 aromatic carbocycles. The molecule has 0 radical (unpaired) electrons. The molecule has 0 unspecified atom stereocenters. The van der Waals surface area contributed by atoms with Gasteiger partial charge < -0.3 is 21.7 Å². The fourth-order valence-electron chi connectivity index (χ4n) is 3.31. The zero-order chi connectivity index (χ0) is 19.0. The number of benzene rings is 3. The molecule has 0 saturated carbocycles. The van der Waals surface area contributed by atoms with Crippen molar-refractivity contribution < 1.29 is 26.5 Å². The lowest BCUT2D eigenvalue weighted by atomic mass is 10.4. The third-order valence-electron chi connectivity index (χ3n) is 4.51. The number of esters is 1. The van der Waals surface area contributed by atoms with Crippen LogP contribution in [-0.2, 0) is 9.53 Å². The highest BCUT2D eigenvalue weighted by atomic mass is 79.9. The Morgan fingerprint density at radius 2 is 1.18 bits per heavy atom. The number of carbonyl (C=O) groups excluding carboxylic acids is 1. The first-order chi connectivity index (χ1) is 13.3. The van der Waals surface area contributed by atoms with E-state index in [2.05, 4.69) is 72.8 Å². The van der Waals surface area contributed by atoms with E-state index in [1.807, 2.05) is 31.2 Å². The molecule has 0 aliphatic heterocycles. The summed E-state index contributed by atoms with van der Waals surface area (Å²) < 4.78 is 5.06. The SMILES string of the molecule is CCOC(=O)/C=C/C[P+](c1ccccc1)(c1ccccc1)c1ccccc1.[Br-]. The number of rotatable bonds is 7. The Hall–Kier alpha value is -2.22. The van der Waals surface area contributed by atoms with E-state index in [0.717, 1.165) is 6.16 Å². The molecule has 0 N–H and O–H groups in total. The average molecular weight is 455 g/mol. The third kappa shape index (κ3) is 4.98. The Balaban J connectivity index is 0.00000280. The van der Waals surface area contributed by atoms with Gasteiger partial charge in [-0.2, -0.15) is 0 Å². The standard InChI is InChI=1S/C24H24O2P.BrH/c1-2-26-24(25)19-12-20-27(21-13-6-3-7-14-21,22-15-8-4-9-16-22)23-17-10-5-11-18-23;/h3-19H,2,20H2,1H3;1H/q+1;/p-1/b19-12+;. The highest BCUT2D eigenvalue weighted by Crippen LogP contribution is 2.55. The van der Waals surface area contributed by atoms with Crippen LogP contribution in [0.5, 0.6) is 0 Å². The monoisotopic (exact) mass is 454 g/mol. The number of carbonyl (C=O) groups is 1. The van der Waals surface area contributed by atoms with E-state index in [1.54, 1.807) is 6.08 Å². The largest absolute Gasteiger partial charge is 1.00 e. The minimum atomic E-state index is -1.92. The zero-order valence-corrected chi connectivity index (χ0v) is 18.4. The summed E-state index contributed by atoms with van der Waals surface area (Å²) in [6.45, 7) is 2.21. The van der Waals surface area contributed by atoms with Crippen molar-refractivity contribution >= 4 is 29.1 Å². The predicted molar refractivity (Wildman–Crippen MR) is 116 cm³/mol. The molecular weight excluding hydrogens is 431 g/mol. The molecule has 0 aliphatic rings. The van der Waals surface area contributed by atoms with Crippen LogP contribution in [0.2, 0.25) is 0 Å². The molecule has 3 rings (SSSR count). The van der Waals surface area contributed by atoms with E-state index in [1.165, 1.54) is 15.9 Å². The summed E-state index contributed by atoms with van der Waals surface area (Å²) in [5, 5.41) is 3.91. The summed E-state index contributed by atoms with van der Waals surface area (Å²) in [7, 11) is -1.92. The lowest BCUT2D eigenvalue weighted by Gasteiger charge is -2.26. The fourth-order valence-corrected chi connectivity index (χ4v) is 7.30. The molecule has 2 nitrogen and oxygen atoms in total. The molecule has 28 heavy (non-hydrogen) atoms. The van der Waals surface area contributed by atoms with Crippen molar-refractivity contribution in [3.63, 3.8) is 0 Å². The summed E-state index contributed by atoms with van der Waals surface area (Å²) in [4.78, 5) is 11.8. The van der Waals surface area contributed by atoms with Crippen molar-refractivity contribution in [1.29, 1.82) is 0 Å². The first-order valence-electron chi connectivity index (χ1n) is 9.15. The topological polar surface area (TPSA) is 26.3 Å². The van der Waals surface area contributed by atoms with Crippen molar-refractivity contribution in [2.24, 2.45) is 0 Å². The Morgan fingerprint density at radius 1 is 0.786 bits per heavy atom. The van der Waals surface area contributed by atoms with Gasteiger partial charge in [0.2, 0.25) is 0 Å². The van der Waals surface area contributed by atoms with Crippen LogP contribution in [0, 0.1) is 0 Å². The van der Waals surface area contributed by atoms with Gasteiger partial charge >= 0.3 is 5.97 Å². The third-order valence-corrected chi connectivity index (χ3v) is 8.81. The van der Waals surface area contributed by atoms with Gasteiger partial charge in [0.15, 0.2) is 0 Å². The van der Waals surface area contributed by atoms with E-state index in [-0.39, 0.29) is 23.0 Å². The van der Waals surface area contributed by atoms with Crippen molar-refractivity contribution in [2.45, 2.75) is 6.92 Å². The van der Waals surface area contributed by atoms with Gasteiger partial charge in [-0.15, -0.1) is 0 Å². The van der Waals surface area contributed by atoms with Crippen molar-refractivity contribution in [3.8, 4) is 0 Å². The van der Waals surface area contributed by atoms with E-state index in [4.69, 9.17) is 4.74 Å². The molecule has 0 saturated heterocycles. The van der Waals surface area contributed by atoms with Crippen LogP contribution in [0.25, 0.3) is 0 Å². The first-order valence-corrected chi connectivity index (χ1v) is 11.1. The summed E-state index contributed by atoms with van der Waals surface area (Å²) >= 11 is 0. The van der Waals surface area contributed by atoms with Gasteiger partial charge in [-0.1, -0.05) is 54.6 Å². The highest BCUT2D eigenvalue weighted by Gasteiger charge is 2.44. The van der Waals surface area contributed by atoms with Gasteiger partial charge in [-0.05, 0) is 49.4 Å². The van der Waals surface area contributed by atoms with Crippen LogP contribution < -0.4 is 32.9 Å². The summed E-state index contributed by atoms with van der Waals surface area (Å²) in [6, 6.07) is 31.9. The number of allylic oxidation sites excluding steroid dienone is 1. The molecule has 0 heterocycles. The summed E-state index contributed by atoms with van der Waals surface area (Å²) in [6.07, 6.45) is 4.30. The van der Waals surface area contributed by atoms with Crippen LogP contribution in [0.1, 0.15) is 6.92 Å². The molecule has 0 atom stereocenters. The second kappa shape index (κ2) is 10.9. The van der Waals surface area contributed by atoms with Gasteiger partial charge in [0.1, 0.15) is 23.2 Å². The molecule has 4 heteroatoms. The number of hydrogen-bond donors (Lipinski definition) is 0. The second-order valence-electron chi connectivity index (χ2n) is 6.15. The second-order valence-corrected chi connectivity index (χ2v) is 9.69. The van der Waals surface area contributed by atoms with Crippen LogP contribution in [0.3, 0.4) is 0 Å². The predicted octanol–water partition coefficient (Wildman–Crippen LogP) is 1.10. The molecule has 0 spiro atoms. The number of hydrogen-bond acceptors (Lipinski definition) is 2. The van der Waals surface area contributed by atoms with Crippen molar-refractivity contribution in [2.75, 3.05) is 12.8 Å². The Bertz CT molecular complexity index is 784. The van der Waals surface area contributed by atoms with Gasteiger partial charge in [-0.25, -0.2) is 4.79 Å². The Labute approximate surface area is 178 Å². The lowest BCUT2D eigenvalue weighted by molar-refractivity contribution is -0.137. The molecular formula is C24H24BrO2P. The van der Waals surface area contributed by atoms with Gasteiger partial charge in [0.05, 0.1) is 12.8 Å². The van der Waals surface area contributed by atoms with E-state index < -0.39 is 7.26 Å². The average Bonchev–Trinajstić information content (AvgIpc) is 2.73. The lowest BCUT2D eigenvalue weighted by Crippen LogP contribution is -3.00. The molecule has 0 aliphatic carbocycles. The molecule has 3 aromatic rings. The molecule has 0 fully saturated rings. The first kappa shape index (κ1) is 22.1. The quantitative estimate of drug-likeness (QED) is 0.303. The molecule has 0 aromatic heterocycles. The maximum absolute atomic E-state index is 11.8. The Kier molecular flexibility index (Phi) is 8.63. The molecule has 0 bridgehead atoms. The zero-order valence-electron chi connectivity index (χ0n) is 15.9. The smallest absolute Gasteiger partial charge is 0.330 e. The number of ether oxygens (including phenoxy) is 1. The maximum atomic E-state index is 11.8. The fraction of sp³-hybridized carbons (Fsp3) is 0.125. The van der Waals surface area contributed by atoms with Crippen LogP contribution in [0.4, 0.5) is 0 Å². The van der Waals surface area contributed by atoms with E-state index in [0.29, 0.717) is 6.61 Å². The van der Waals surface area contributed by atoms with E-state index >= 15 is 0 Å². The normalized spacial score (nSPS) is 11.0. The summed E-state index contributed by atoms with van der Waals surface area (Å²) in [5.41, 5.74) is 0. The van der Waals surface area contributed by atoms with Gasteiger partial charge in [-0.3, -0.25) is 0 Å². The Morgan fingerprint density at radius 3 is 1.54 bits per heavy atom. The van der Waals surface area contributed by atoms with Crippen molar-refractivity contribution in [3.05, 3.63) is 103 Å². The highest BCUT2D eigenvalue weighted by molar-refractivity contribution is 7.95. The van der Waals surface area contributed by atoms with Crippen LogP contribution in [0.15, 0.2) is 103 Å². The molecule has 144 valence electrons. The summed E-state index contributed by atoms with van der Waals surface area (Å²) in [5.74, 6) is -0.287. The minimum absolute atomic E-state index is 0. The van der Waals surface area contributed by atoms with Gasteiger partial charge in [0.25, 0.3) is 0 Å². The molecule has 0 amide bonds. The van der Waals surface area contributed by atoms with Gasteiger partial charge in [0, 0.05) is 6.08 Å². The maximum Gasteiger partial charge on any atom is 0.330 e. The van der Waals surface area contributed by atoms with Crippen LogP contribution in [-0.4, -0.2) is 18.7 Å². The minimum Gasteiger partial charge on any atom is -1.00 e.